The number of rotatable bonds is 1. The van der Waals surface area contributed by atoms with Gasteiger partial charge >= 0.3 is 0 Å². The van der Waals surface area contributed by atoms with E-state index in [1.54, 1.807) is 18.2 Å². The number of phenols is 2. The van der Waals surface area contributed by atoms with Crippen LogP contribution in [0, 0.1) is 5.92 Å². The predicted octanol–water partition coefficient (Wildman–Crippen LogP) is 4.36. The topological polar surface area (TPSA) is 49.7 Å². The number of phenolic OH excluding ortho intramolecular Hbond substituents is 2. The van der Waals surface area contributed by atoms with Crippen LogP contribution in [0.5, 0.6) is 17.2 Å². The lowest BCUT2D eigenvalue weighted by molar-refractivity contribution is -0.00231. The molecule has 3 nitrogen and oxygen atoms in total. The van der Waals surface area contributed by atoms with E-state index in [9.17, 15) is 19.0 Å². The minimum absolute atomic E-state index is 0.0596. The zero-order valence-electron chi connectivity index (χ0n) is 12.2. The summed E-state index contributed by atoms with van der Waals surface area (Å²) < 4.78 is 34.1. The molecule has 0 amide bonds. The van der Waals surface area contributed by atoms with Gasteiger partial charge in [-0.25, -0.2) is 8.78 Å². The molecule has 1 aliphatic carbocycles. The number of hydrogen-bond donors (Lipinski definition) is 2. The summed E-state index contributed by atoms with van der Waals surface area (Å²) in [6, 6.07) is 11.1. The van der Waals surface area contributed by atoms with Gasteiger partial charge in [0.1, 0.15) is 23.4 Å². The fourth-order valence-electron chi connectivity index (χ4n) is 3.84. The third kappa shape index (κ3) is 2.40. The molecule has 2 aliphatic rings. The monoisotopic (exact) mass is 318 g/mol. The highest BCUT2D eigenvalue weighted by Crippen LogP contribution is 2.58. The number of aromatic hydroxyl groups is 2. The van der Waals surface area contributed by atoms with Crippen molar-refractivity contribution < 1.29 is 23.7 Å². The minimum atomic E-state index is -2.74. The van der Waals surface area contributed by atoms with E-state index in [1.165, 1.54) is 24.3 Å². The molecule has 0 saturated heterocycles. The van der Waals surface area contributed by atoms with Crippen molar-refractivity contribution in [3.05, 3.63) is 53.6 Å². The molecule has 1 heterocycles. The maximum atomic E-state index is 14.0. The molecule has 0 radical (unpaired) electrons. The quantitative estimate of drug-likeness (QED) is 0.821. The van der Waals surface area contributed by atoms with Crippen LogP contribution >= 0.6 is 0 Å². The largest absolute Gasteiger partial charge is 0.508 e. The first-order valence-corrected chi connectivity index (χ1v) is 7.59. The second-order valence-electron chi connectivity index (χ2n) is 6.39. The van der Waals surface area contributed by atoms with Crippen molar-refractivity contribution in [2.75, 3.05) is 0 Å². The number of ether oxygens (including phenoxy) is 1. The van der Waals surface area contributed by atoms with Gasteiger partial charge in [0.25, 0.3) is 0 Å². The van der Waals surface area contributed by atoms with Crippen molar-refractivity contribution in [1.29, 1.82) is 0 Å². The highest BCUT2D eigenvalue weighted by Gasteiger charge is 2.53. The third-order valence-electron chi connectivity index (χ3n) is 4.83. The maximum absolute atomic E-state index is 14.0. The fourth-order valence-corrected chi connectivity index (χ4v) is 3.84. The Morgan fingerprint density at radius 3 is 2.39 bits per heavy atom. The van der Waals surface area contributed by atoms with Crippen molar-refractivity contribution in [3.8, 4) is 17.2 Å². The van der Waals surface area contributed by atoms with E-state index in [-0.39, 0.29) is 36.2 Å². The van der Waals surface area contributed by atoms with Crippen LogP contribution in [-0.4, -0.2) is 16.1 Å². The second kappa shape index (κ2) is 4.85. The van der Waals surface area contributed by atoms with Crippen LogP contribution in [0.25, 0.3) is 0 Å². The number of fused-ring (bicyclic) bond motifs is 3. The Morgan fingerprint density at radius 1 is 0.957 bits per heavy atom. The van der Waals surface area contributed by atoms with E-state index in [0.29, 0.717) is 11.3 Å². The second-order valence-corrected chi connectivity index (χ2v) is 6.39. The van der Waals surface area contributed by atoms with Gasteiger partial charge in [-0.3, -0.25) is 0 Å². The summed E-state index contributed by atoms with van der Waals surface area (Å²) in [6.07, 6.45) is -0.948. The van der Waals surface area contributed by atoms with Crippen molar-refractivity contribution in [3.63, 3.8) is 0 Å². The van der Waals surface area contributed by atoms with Crippen LogP contribution in [-0.2, 0) is 0 Å². The van der Waals surface area contributed by atoms with Crippen molar-refractivity contribution >= 4 is 0 Å². The van der Waals surface area contributed by atoms with Gasteiger partial charge in [0.05, 0.1) is 0 Å². The van der Waals surface area contributed by atoms with E-state index < -0.39 is 12.0 Å². The predicted molar refractivity (Wildman–Crippen MR) is 80.0 cm³/mol. The molecule has 1 saturated carbocycles. The van der Waals surface area contributed by atoms with Crippen LogP contribution in [0.4, 0.5) is 8.78 Å². The Bertz CT molecular complexity index is 742. The number of benzene rings is 2. The van der Waals surface area contributed by atoms with Crippen LogP contribution < -0.4 is 4.74 Å². The Morgan fingerprint density at radius 2 is 1.65 bits per heavy atom. The van der Waals surface area contributed by atoms with Gasteiger partial charge in [-0.05, 0) is 35.9 Å². The smallest absolute Gasteiger partial charge is 0.249 e. The highest BCUT2D eigenvalue weighted by molar-refractivity contribution is 5.46. The molecule has 2 N–H and O–H groups in total. The van der Waals surface area contributed by atoms with E-state index in [2.05, 4.69) is 0 Å². The molecular weight excluding hydrogens is 302 g/mol. The van der Waals surface area contributed by atoms with Crippen molar-refractivity contribution in [2.45, 2.75) is 30.8 Å². The molecule has 2 unspecified atom stereocenters. The Balaban J connectivity index is 1.80. The lowest BCUT2D eigenvalue weighted by Crippen LogP contribution is -2.26. The summed E-state index contributed by atoms with van der Waals surface area (Å²) in [5, 5.41) is 19.1. The van der Waals surface area contributed by atoms with Crippen LogP contribution in [0.15, 0.2) is 42.5 Å². The molecule has 1 fully saturated rings. The first-order chi connectivity index (χ1) is 10.9. The molecule has 0 spiro atoms. The number of halogens is 2. The molecular formula is C18H16F2O3. The van der Waals surface area contributed by atoms with Gasteiger partial charge in [-0.2, -0.15) is 0 Å². The molecule has 120 valence electrons. The van der Waals surface area contributed by atoms with Crippen LogP contribution in [0.1, 0.15) is 36.0 Å². The van der Waals surface area contributed by atoms with Gasteiger partial charge in [-0.1, -0.05) is 12.1 Å². The average molecular weight is 318 g/mol. The molecule has 0 aromatic heterocycles. The zero-order chi connectivity index (χ0) is 16.2. The first kappa shape index (κ1) is 14.3. The molecule has 23 heavy (non-hydrogen) atoms. The third-order valence-corrected chi connectivity index (χ3v) is 4.83. The molecule has 3 atom stereocenters. The molecule has 2 aromatic carbocycles. The van der Waals surface area contributed by atoms with Gasteiger partial charge < -0.3 is 14.9 Å². The van der Waals surface area contributed by atoms with Crippen molar-refractivity contribution in [1.82, 2.24) is 0 Å². The summed E-state index contributed by atoms with van der Waals surface area (Å²) in [6.45, 7) is 0. The van der Waals surface area contributed by atoms with Gasteiger partial charge in [0.15, 0.2) is 0 Å². The summed E-state index contributed by atoms with van der Waals surface area (Å²) in [5.74, 6) is -2.71. The number of hydrogen-bond acceptors (Lipinski definition) is 3. The maximum Gasteiger partial charge on any atom is 0.249 e. The lowest BCUT2D eigenvalue weighted by atomic mass is 9.80. The van der Waals surface area contributed by atoms with Crippen LogP contribution in [0.2, 0.25) is 0 Å². The minimum Gasteiger partial charge on any atom is -0.508 e. The highest BCUT2D eigenvalue weighted by atomic mass is 19.3. The molecule has 4 rings (SSSR count). The average Bonchev–Trinajstić information content (AvgIpc) is 2.83. The van der Waals surface area contributed by atoms with E-state index in [1.807, 2.05) is 0 Å². The Kier molecular flexibility index (Phi) is 3.01. The summed E-state index contributed by atoms with van der Waals surface area (Å²) >= 11 is 0. The summed E-state index contributed by atoms with van der Waals surface area (Å²) in [5.41, 5.74) is 1.43. The lowest BCUT2D eigenvalue weighted by Gasteiger charge is -2.36. The summed E-state index contributed by atoms with van der Waals surface area (Å²) in [7, 11) is 0. The van der Waals surface area contributed by atoms with E-state index in [4.69, 9.17) is 4.74 Å². The number of alkyl halides is 2. The zero-order valence-corrected chi connectivity index (χ0v) is 12.2. The Hall–Kier alpha value is -2.30. The summed E-state index contributed by atoms with van der Waals surface area (Å²) in [4.78, 5) is 0. The first-order valence-electron chi connectivity index (χ1n) is 7.59. The molecule has 5 heteroatoms. The van der Waals surface area contributed by atoms with Crippen molar-refractivity contribution in [2.24, 2.45) is 5.92 Å². The fraction of sp³-hybridized carbons (Fsp3) is 0.333. The van der Waals surface area contributed by atoms with Gasteiger partial charge in [0, 0.05) is 30.2 Å². The van der Waals surface area contributed by atoms with Crippen LogP contribution in [0.3, 0.4) is 0 Å². The van der Waals surface area contributed by atoms with Gasteiger partial charge in [-0.15, -0.1) is 0 Å². The molecule has 2 aromatic rings. The van der Waals surface area contributed by atoms with E-state index >= 15 is 0 Å². The molecule has 0 bridgehead atoms. The normalized spacial score (nSPS) is 27.8. The van der Waals surface area contributed by atoms with E-state index in [0.717, 1.165) is 5.56 Å². The molecule has 1 aliphatic heterocycles. The van der Waals surface area contributed by atoms with Gasteiger partial charge in [0.2, 0.25) is 5.92 Å². The SMILES string of the molecule is Oc1ccc(C2Oc3ccc(O)cc3[C@@H]3CC(F)(F)CC23)cc1. The Labute approximate surface area is 132 Å². The standard InChI is InChI=1S/C18H16F2O3/c19-18(20)8-14-13-7-12(22)5-6-16(13)23-17(15(14)9-18)10-1-3-11(21)4-2-10/h1-7,14-15,17,21-22H,8-9H2/t14-,15?,17?/m0/s1.